The molecule has 1 aliphatic rings. The second kappa shape index (κ2) is 9.32. The highest BCUT2D eigenvalue weighted by Crippen LogP contribution is 2.34. The molecule has 11 nitrogen and oxygen atoms in total. The van der Waals surface area contributed by atoms with Crippen LogP contribution < -0.4 is 26.0 Å². The molecule has 0 fully saturated rings. The Balaban J connectivity index is 1.42. The van der Waals surface area contributed by atoms with E-state index in [1.54, 1.807) is 18.2 Å². The van der Waals surface area contributed by atoms with Gasteiger partial charge in [0.05, 0.1) is 16.6 Å². The Morgan fingerprint density at radius 3 is 2.50 bits per heavy atom. The Hall–Kier alpha value is -5.26. The van der Waals surface area contributed by atoms with Gasteiger partial charge in [0.25, 0.3) is 5.56 Å². The fourth-order valence-electron chi connectivity index (χ4n) is 4.15. The van der Waals surface area contributed by atoms with Crippen LogP contribution in [0.4, 0.5) is 10.1 Å². The quantitative estimate of drug-likeness (QED) is 0.365. The van der Waals surface area contributed by atoms with Crippen LogP contribution in [-0.4, -0.2) is 32.0 Å². The van der Waals surface area contributed by atoms with Crippen molar-refractivity contribution in [2.75, 3.05) is 12.1 Å². The molecule has 1 amide bonds. The number of rotatable bonds is 6. The lowest BCUT2D eigenvalue weighted by Gasteiger charge is -2.14. The van der Waals surface area contributed by atoms with Gasteiger partial charge < -0.3 is 19.3 Å². The third-order valence-electron chi connectivity index (χ3n) is 5.96. The molecule has 3 heterocycles. The van der Waals surface area contributed by atoms with E-state index >= 15 is 0 Å². The first kappa shape index (κ1) is 23.2. The van der Waals surface area contributed by atoms with Crippen LogP contribution in [0.1, 0.15) is 5.89 Å². The molecule has 5 aromatic rings. The zero-order valence-corrected chi connectivity index (χ0v) is 19.6. The van der Waals surface area contributed by atoms with Crippen molar-refractivity contribution in [1.29, 1.82) is 0 Å². The van der Waals surface area contributed by atoms with Gasteiger partial charge in [0.15, 0.2) is 11.5 Å². The Morgan fingerprint density at radius 2 is 1.71 bits per heavy atom. The summed E-state index contributed by atoms with van der Waals surface area (Å²) in [5, 5.41) is 6.49. The van der Waals surface area contributed by atoms with Gasteiger partial charge in [0, 0.05) is 11.6 Å². The van der Waals surface area contributed by atoms with Crippen LogP contribution in [0.15, 0.2) is 80.8 Å². The van der Waals surface area contributed by atoms with Crippen LogP contribution in [0.5, 0.6) is 11.5 Å². The molecule has 3 aromatic carbocycles. The molecular formula is C26H18FN5O6. The van der Waals surface area contributed by atoms with E-state index in [2.05, 4.69) is 15.5 Å². The third kappa shape index (κ3) is 4.17. The number of nitrogens with one attached hydrogen (secondary N) is 1. The van der Waals surface area contributed by atoms with Crippen LogP contribution in [0.25, 0.3) is 22.3 Å². The zero-order valence-electron chi connectivity index (χ0n) is 19.6. The van der Waals surface area contributed by atoms with Crippen molar-refractivity contribution in [2.45, 2.75) is 13.1 Å². The van der Waals surface area contributed by atoms with Crippen molar-refractivity contribution in [1.82, 2.24) is 19.3 Å². The minimum absolute atomic E-state index is 0.0190. The standard InChI is InChI=1S/C26H18FN5O6/c27-17-8-4-5-9-18(17)28-22(33)12-31-19-11-21-20(36-14-37-21)10-16(19)25(34)32(26(31)35)13-23-29-24(30-38-23)15-6-2-1-3-7-15/h1-11H,12-14H2,(H,28,33). The van der Waals surface area contributed by atoms with Gasteiger partial charge in [-0.1, -0.05) is 47.6 Å². The Bertz CT molecular complexity index is 1810. The van der Waals surface area contributed by atoms with Crippen molar-refractivity contribution in [3.05, 3.63) is 99.3 Å². The summed E-state index contributed by atoms with van der Waals surface area (Å²) in [7, 11) is 0. The van der Waals surface area contributed by atoms with Crippen LogP contribution in [0, 0.1) is 5.82 Å². The lowest BCUT2D eigenvalue weighted by atomic mass is 10.2. The summed E-state index contributed by atoms with van der Waals surface area (Å²) in [5.41, 5.74) is -0.638. The largest absolute Gasteiger partial charge is 0.454 e. The number of amides is 1. The zero-order chi connectivity index (χ0) is 26.2. The van der Waals surface area contributed by atoms with Crippen LogP contribution >= 0.6 is 0 Å². The molecule has 0 atom stereocenters. The van der Waals surface area contributed by atoms with Crippen molar-refractivity contribution < 1.29 is 23.2 Å². The first-order valence-corrected chi connectivity index (χ1v) is 11.5. The maximum Gasteiger partial charge on any atom is 0.332 e. The summed E-state index contributed by atoms with van der Waals surface area (Å²) >= 11 is 0. The maximum atomic E-state index is 14.1. The summed E-state index contributed by atoms with van der Waals surface area (Å²) in [6, 6.07) is 17.6. The number of carbonyl (C=O) groups excluding carboxylic acids is 1. The summed E-state index contributed by atoms with van der Waals surface area (Å²) in [6.45, 7) is -0.901. The van der Waals surface area contributed by atoms with Crippen molar-refractivity contribution in [3.8, 4) is 22.9 Å². The number of para-hydroxylation sites is 1. The summed E-state index contributed by atoms with van der Waals surface area (Å²) in [5.74, 6) is -0.344. The molecule has 0 spiro atoms. The van der Waals surface area contributed by atoms with Crippen molar-refractivity contribution in [2.24, 2.45) is 0 Å². The molecule has 0 radical (unpaired) electrons. The molecule has 1 N–H and O–H groups in total. The number of halogens is 1. The Morgan fingerprint density at radius 1 is 0.974 bits per heavy atom. The highest BCUT2D eigenvalue weighted by Gasteiger charge is 2.23. The highest BCUT2D eigenvalue weighted by molar-refractivity contribution is 5.92. The first-order chi connectivity index (χ1) is 18.5. The average molecular weight is 515 g/mol. The number of nitrogens with zero attached hydrogens (tertiary/aromatic N) is 4. The first-order valence-electron chi connectivity index (χ1n) is 11.5. The molecule has 0 bridgehead atoms. The Kier molecular flexibility index (Phi) is 5.68. The monoisotopic (exact) mass is 515 g/mol. The van der Waals surface area contributed by atoms with Crippen LogP contribution in [0.2, 0.25) is 0 Å². The minimum atomic E-state index is -0.801. The number of aromatic nitrogens is 4. The van der Waals surface area contributed by atoms with E-state index in [4.69, 9.17) is 14.0 Å². The smallest absolute Gasteiger partial charge is 0.332 e. The molecule has 12 heteroatoms. The van der Waals surface area contributed by atoms with E-state index in [9.17, 15) is 18.8 Å². The number of fused-ring (bicyclic) bond motifs is 2. The lowest BCUT2D eigenvalue weighted by molar-refractivity contribution is -0.116. The number of hydrogen-bond donors (Lipinski definition) is 1. The number of benzene rings is 3. The molecule has 1 aliphatic heterocycles. The predicted octanol–water partition coefficient (Wildman–Crippen LogP) is 2.77. The van der Waals surface area contributed by atoms with E-state index in [0.29, 0.717) is 22.9 Å². The third-order valence-corrected chi connectivity index (χ3v) is 5.96. The fourth-order valence-corrected chi connectivity index (χ4v) is 4.15. The molecule has 0 saturated carbocycles. The van der Waals surface area contributed by atoms with Crippen molar-refractivity contribution in [3.63, 3.8) is 0 Å². The second-order valence-corrected chi connectivity index (χ2v) is 8.39. The second-order valence-electron chi connectivity index (χ2n) is 8.39. The van der Waals surface area contributed by atoms with Gasteiger partial charge in [0.2, 0.25) is 24.4 Å². The van der Waals surface area contributed by atoms with E-state index in [-0.39, 0.29) is 35.8 Å². The highest BCUT2D eigenvalue weighted by atomic mass is 19.1. The summed E-state index contributed by atoms with van der Waals surface area (Å²) < 4.78 is 32.2. The van der Waals surface area contributed by atoms with Crippen molar-refractivity contribution >= 4 is 22.5 Å². The van der Waals surface area contributed by atoms with Gasteiger partial charge in [-0.15, -0.1) is 0 Å². The maximum absolute atomic E-state index is 14.1. The lowest BCUT2D eigenvalue weighted by Crippen LogP contribution is -2.42. The van der Waals surface area contributed by atoms with Gasteiger partial charge in [-0.25, -0.2) is 9.18 Å². The van der Waals surface area contributed by atoms with Crippen LogP contribution in [0.3, 0.4) is 0 Å². The van der Waals surface area contributed by atoms with Gasteiger partial charge in [-0.05, 0) is 18.2 Å². The molecule has 6 rings (SSSR count). The fraction of sp³-hybridized carbons (Fsp3) is 0.115. The van der Waals surface area contributed by atoms with Gasteiger partial charge >= 0.3 is 5.69 Å². The average Bonchev–Trinajstić information content (AvgIpc) is 3.59. The topological polar surface area (TPSA) is 130 Å². The van der Waals surface area contributed by atoms with E-state index in [1.165, 1.54) is 30.3 Å². The molecular weight excluding hydrogens is 497 g/mol. The van der Waals surface area contributed by atoms with Gasteiger partial charge in [0.1, 0.15) is 18.9 Å². The van der Waals surface area contributed by atoms with E-state index < -0.39 is 29.5 Å². The summed E-state index contributed by atoms with van der Waals surface area (Å²) in [6.07, 6.45) is 0. The molecule has 0 unspecified atom stereocenters. The van der Waals surface area contributed by atoms with Gasteiger partial charge in [-0.3, -0.25) is 18.7 Å². The molecule has 0 aliphatic carbocycles. The van der Waals surface area contributed by atoms with E-state index in [0.717, 1.165) is 9.13 Å². The SMILES string of the molecule is O=C(Cn1c(=O)n(Cc2nc(-c3ccccc3)no2)c(=O)c2cc3c(cc21)OCO3)Nc1ccccc1F. The predicted molar refractivity (Wildman–Crippen MR) is 132 cm³/mol. The van der Waals surface area contributed by atoms with Gasteiger partial charge in [-0.2, -0.15) is 4.98 Å². The molecule has 0 saturated heterocycles. The number of carbonyl (C=O) groups is 1. The number of hydrogen-bond acceptors (Lipinski definition) is 8. The summed E-state index contributed by atoms with van der Waals surface area (Å²) in [4.78, 5) is 44.1. The number of ether oxygens (including phenoxy) is 2. The molecule has 2 aromatic heterocycles. The Labute approximate surface area is 212 Å². The van der Waals surface area contributed by atoms with Crippen LogP contribution in [-0.2, 0) is 17.9 Å². The normalized spacial score (nSPS) is 12.1. The number of anilines is 1. The van der Waals surface area contributed by atoms with E-state index in [1.807, 2.05) is 18.2 Å². The minimum Gasteiger partial charge on any atom is -0.454 e. The molecule has 38 heavy (non-hydrogen) atoms. The molecule has 190 valence electrons.